The van der Waals surface area contributed by atoms with Crippen LogP contribution in [0.15, 0.2) is 69.8 Å². The maximum atomic E-state index is 14.0. The highest BCUT2D eigenvalue weighted by Gasteiger charge is 2.56. The maximum absolute atomic E-state index is 14.0. The number of hydrogen-bond acceptors (Lipinski definition) is 7. The first kappa shape index (κ1) is 27.6. The van der Waals surface area contributed by atoms with Gasteiger partial charge in [-0.3, -0.25) is 24.1 Å². The number of ether oxygens (including phenoxy) is 1. The second kappa shape index (κ2) is 10.1. The summed E-state index contributed by atoms with van der Waals surface area (Å²) >= 11 is 5.18. The molecule has 0 aromatic heterocycles. The Morgan fingerprint density at radius 1 is 1.10 bits per heavy atom. The number of ketones is 2. The van der Waals surface area contributed by atoms with E-state index >= 15 is 0 Å². The lowest BCUT2D eigenvalue weighted by atomic mass is 9.59. The van der Waals surface area contributed by atoms with E-state index in [1.165, 1.54) is 37.5 Å². The van der Waals surface area contributed by atoms with Gasteiger partial charge in [0.05, 0.1) is 38.2 Å². The number of benzene rings is 2. The minimum Gasteiger partial charge on any atom is -0.504 e. The van der Waals surface area contributed by atoms with Crippen molar-refractivity contribution >= 4 is 73.6 Å². The highest BCUT2D eigenvalue weighted by atomic mass is 127. The largest absolute Gasteiger partial charge is 0.504 e. The lowest BCUT2D eigenvalue weighted by Crippen LogP contribution is -2.39. The van der Waals surface area contributed by atoms with E-state index in [2.05, 4.69) is 15.9 Å². The van der Waals surface area contributed by atoms with E-state index in [4.69, 9.17) is 4.74 Å². The van der Waals surface area contributed by atoms with Crippen molar-refractivity contribution in [3.8, 4) is 11.5 Å². The normalized spacial score (nSPS) is 25.4. The number of anilines is 1. The molecule has 1 saturated heterocycles. The van der Waals surface area contributed by atoms with E-state index in [1.54, 1.807) is 12.1 Å². The third-order valence-corrected chi connectivity index (χ3v) is 9.70. The van der Waals surface area contributed by atoms with Crippen LogP contribution in [0.3, 0.4) is 0 Å². The molecule has 208 valence electrons. The van der Waals surface area contributed by atoms with Gasteiger partial charge >= 0.3 is 5.97 Å². The van der Waals surface area contributed by atoms with Crippen LogP contribution in [0.4, 0.5) is 5.69 Å². The Morgan fingerprint density at radius 2 is 1.85 bits per heavy atom. The topological polar surface area (TPSA) is 138 Å². The monoisotopic (exact) mass is 729 g/mol. The minimum atomic E-state index is -1.18. The van der Waals surface area contributed by atoms with Crippen LogP contribution >= 0.6 is 38.5 Å². The number of phenolic OH excluding ortho intramolecular Hbond substituents is 1. The van der Waals surface area contributed by atoms with Gasteiger partial charge in [0.25, 0.3) is 0 Å². The van der Waals surface area contributed by atoms with Crippen LogP contribution in [0.2, 0.25) is 0 Å². The molecule has 11 heteroatoms. The fraction of sp³-hybridized carbons (Fsp3) is 0.233. The Labute approximate surface area is 255 Å². The molecular weight excluding hydrogens is 709 g/mol. The highest BCUT2D eigenvalue weighted by Crippen LogP contribution is 2.56. The number of aromatic hydroxyl groups is 1. The number of Topliss-reactive ketones (excluding diaryl/α,β-unsaturated/α-hetero) is 1. The Morgan fingerprint density at radius 3 is 2.56 bits per heavy atom. The van der Waals surface area contributed by atoms with Gasteiger partial charge in [-0.25, -0.2) is 4.79 Å². The second-order valence-electron chi connectivity index (χ2n) is 10.3. The van der Waals surface area contributed by atoms with E-state index in [1.807, 2.05) is 28.7 Å². The van der Waals surface area contributed by atoms with Gasteiger partial charge in [-0.05, 0) is 93.2 Å². The van der Waals surface area contributed by atoms with Crippen molar-refractivity contribution in [2.75, 3.05) is 12.0 Å². The van der Waals surface area contributed by atoms with Crippen molar-refractivity contribution in [1.29, 1.82) is 0 Å². The number of phenols is 1. The first-order valence-electron chi connectivity index (χ1n) is 12.7. The third kappa shape index (κ3) is 4.19. The molecule has 2 N–H and O–H groups in total. The van der Waals surface area contributed by atoms with Gasteiger partial charge in [0.1, 0.15) is 0 Å². The van der Waals surface area contributed by atoms with Crippen LogP contribution < -0.4 is 9.64 Å². The number of allylic oxidation sites excluding steroid dienone is 6. The quantitative estimate of drug-likeness (QED) is 0.201. The first-order chi connectivity index (χ1) is 19.5. The van der Waals surface area contributed by atoms with Gasteiger partial charge < -0.3 is 14.9 Å². The molecule has 4 unspecified atom stereocenters. The van der Waals surface area contributed by atoms with Crippen LogP contribution in [-0.2, 0) is 19.2 Å². The molecule has 1 aliphatic heterocycles. The number of nitrogens with zero attached hydrogens (tertiary/aromatic N) is 1. The predicted molar refractivity (Wildman–Crippen MR) is 158 cm³/mol. The molecule has 1 fully saturated rings. The number of amides is 2. The summed E-state index contributed by atoms with van der Waals surface area (Å²) in [4.78, 5) is 67.0. The summed E-state index contributed by atoms with van der Waals surface area (Å²) in [6.07, 6.45) is 3.48. The molecule has 4 aliphatic rings. The van der Waals surface area contributed by atoms with Crippen molar-refractivity contribution in [2.45, 2.75) is 18.8 Å². The van der Waals surface area contributed by atoms with Crippen molar-refractivity contribution < 1.29 is 38.9 Å². The smallest absolute Gasteiger partial charge is 0.335 e. The van der Waals surface area contributed by atoms with E-state index < -0.39 is 41.5 Å². The highest BCUT2D eigenvalue weighted by molar-refractivity contribution is 14.1. The van der Waals surface area contributed by atoms with Crippen LogP contribution in [0, 0.1) is 21.3 Å². The molecule has 0 saturated carbocycles. The average molecular weight is 730 g/mol. The Kier molecular flexibility index (Phi) is 6.76. The van der Waals surface area contributed by atoms with E-state index in [0.717, 1.165) is 10.5 Å². The number of fused-ring (bicyclic) bond motifs is 3. The number of rotatable bonds is 4. The minimum absolute atomic E-state index is 0.0526. The summed E-state index contributed by atoms with van der Waals surface area (Å²) in [5.41, 5.74) is 2.08. The molecule has 2 aromatic rings. The van der Waals surface area contributed by atoms with Gasteiger partial charge in [0, 0.05) is 23.1 Å². The van der Waals surface area contributed by atoms with Crippen molar-refractivity contribution in [2.24, 2.45) is 17.8 Å². The number of imide groups is 1. The molecule has 9 nitrogen and oxygen atoms in total. The zero-order valence-electron chi connectivity index (χ0n) is 21.4. The average Bonchev–Trinajstić information content (AvgIpc) is 3.21. The summed E-state index contributed by atoms with van der Waals surface area (Å²) in [5, 5.41) is 19.9. The Bertz CT molecular complexity index is 1710. The van der Waals surface area contributed by atoms with Crippen LogP contribution in [-0.4, -0.2) is 46.7 Å². The van der Waals surface area contributed by atoms with Gasteiger partial charge in [0.2, 0.25) is 11.8 Å². The SMILES string of the molecule is COc1cc(C2C3=CCC4C(=O)N(c5cccc(C(=O)O)c5)C(=O)C4C3CC3=C2C(=O)C=C(Br)C3=O)cc(I)c1O. The van der Waals surface area contributed by atoms with Gasteiger partial charge in [-0.1, -0.05) is 17.7 Å². The number of carboxylic acids is 1. The molecule has 3 aliphatic carbocycles. The number of aromatic carboxylic acids is 1. The summed E-state index contributed by atoms with van der Waals surface area (Å²) in [7, 11) is 1.42. The van der Waals surface area contributed by atoms with E-state index in [9.17, 15) is 34.2 Å². The van der Waals surface area contributed by atoms with Crippen LogP contribution in [0.25, 0.3) is 0 Å². The Hall–Kier alpha value is -3.58. The molecule has 6 rings (SSSR count). The molecule has 4 atom stereocenters. The second-order valence-corrected chi connectivity index (χ2v) is 12.3. The van der Waals surface area contributed by atoms with Gasteiger partial charge in [-0.2, -0.15) is 0 Å². The number of methoxy groups -OCH3 is 1. The fourth-order valence-electron chi connectivity index (χ4n) is 6.53. The summed E-state index contributed by atoms with van der Waals surface area (Å²) in [6, 6.07) is 9.03. The van der Waals surface area contributed by atoms with E-state index in [-0.39, 0.29) is 57.2 Å². The van der Waals surface area contributed by atoms with Crippen molar-refractivity contribution in [3.05, 3.63) is 84.4 Å². The summed E-state index contributed by atoms with van der Waals surface area (Å²) < 4.78 is 5.98. The maximum Gasteiger partial charge on any atom is 0.335 e. The molecule has 41 heavy (non-hydrogen) atoms. The summed E-state index contributed by atoms with van der Waals surface area (Å²) in [5.74, 6) is -5.38. The fourth-order valence-corrected chi connectivity index (χ4v) is 7.61. The molecule has 0 radical (unpaired) electrons. The van der Waals surface area contributed by atoms with E-state index in [0.29, 0.717) is 14.7 Å². The van der Waals surface area contributed by atoms with Crippen molar-refractivity contribution in [3.63, 3.8) is 0 Å². The standard InChI is InChI=1S/C30H21BrINO8/c1-41-22-9-13(8-20(32)27(22)36)23-15-5-6-16-24(17(15)10-18-25(23)21(34)11-19(31)26(18)35)29(38)33(28(16)37)14-4-2-3-12(7-14)30(39)40/h2-5,7-9,11,16-17,23-24,36H,6,10H2,1H3,(H,39,40). The lowest BCUT2D eigenvalue weighted by molar-refractivity contribution is -0.123. The number of halogens is 2. The molecule has 0 spiro atoms. The van der Waals surface area contributed by atoms with Crippen LogP contribution in [0.5, 0.6) is 11.5 Å². The molecule has 2 aromatic carbocycles. The molecule has 2 amide bonds. The first-order valence-corrected chi connectivity index (χ1v) is 14.6. The van der Waals surface area contributed by atoms with Gasteiger partial charge in [-0.15, -0.1) is 0 Å². The number of carboxylic acid groups (broad SMARTS) is 1. The van der Waals surface area contributed by atoms with Crippen LogP contribution in [0.1, 0.15) is 34.7 Å². The molecule has 1 heterocycles. The lowest BCUT2D eigenvalue weighted by Gasteiger charge is -2.42. The Balaban J connectivity index is 1.49. The molecular formula is C30H21BrINO8. The number of carbonyl (C=O) groups is 5. The third-order valence-electron chi connectivity index (χ3n) is 8.29. The zero-order valence-corrected chi connectivity index (χ0v) is 25.1. The summed E-state index contributed by atoms with van der Waals surface area (Å²) in [6.45, 7) is 0. The predicted octanol–water partition coefficient (Wildman–Crippen LogP) is 4.67. The molecule has 0 bridgehead atoms. The van der Waals surface area contributed by atoms with Crippen molar-refractivity contribution in [1.82, 2.24) is 0 Å². The number of carbonyl (C=O) groups excluding carboxylic acids is 4. The number of hydrogen-bond donors (Lipinski definition) is 2. The van der Waals surface area contributed by atoms with Gasteiger partial charge in [0.15, 0.2) is 23.1 Å². The zero-order chi connectivity index (χ0) is 29.3.